The molecule has 0 aliphatic rings. The Kier molecular flexibility index (Phi) is 5.94. The van der Waals surface area contributed by atoms with Gasteiger partial charge in [0.2, 0.25) is 0 Å². The average molecular weight is 184 g/mol. The van der Waals surface area contributed by atoms with Gasteiger partial charge in [-0.2, -0.15) is 0 Å². The molecule has 0 aliphatic carbocycles. The number of terminal acetylenes is 1. The Hall–Kier alpha value is -1.05. The van der Waals surface area contributed by atoms with E-state index in [2.05, 4.69) is 5.92 Å². The molecule has 5 N–H and O–H groups in total. The maximum atomic E-state index is 10.4. The van der Waals surface area contributed by atoms with Crippen molar-refractivity contribution in [3.63, 3.8) is 0 Å². The van der Waals surface area contributed by atoms with Gasteiger partial charge in [0.1, 0.15) is 6.04 Å². The Morgan fingerprint density at radius 1 is 1.54 bits per heavy atom. The number of rotatable bonds is 6. The lowest BCUT2D eigenvalue weighted by Gasteiger charge is -2.12. The molecule has 0 radical (unpaired) electrons. The summed E-state index contributed by atoms with van der Waals surface area (Å²) in [4.78, 5) is 10.4. The smallest absolute Gasteiger partial charge is 0.320 e. The van der Waals surface area contributed by atoms with Crippen LogP contribution in [0.25, 0.3) is 0 Å². The largest absolute Gasteiger partial charge is 0.480 e. The van der Waals surface area contributed by atoms with Gasteiger partial charge in [-0.05, 0) is 25.3 Å². The molecule has 0 aromatic rings. The molecule has 2 unspecified atom stereocenters. The predicted octanol–water partition coefficient (Wildman–Crippen LogP) is -0.223. The molecule has 74 valence electrons. The van der Waals surface area contributed by atoms with Crippen molar-refractivity contribution in [2.24, 2.45) is 17.4 Å². The standard InChI is InChI=1S/C9H16N2O2/c1-2-3-7(6-10)4-5-8(11)9(12)13/h1,7-8H,3-6,10-11H2,(H,12,13). The highest BCUT2D eigenvalue weighted by molar-refractivity contribution is 5.72. The molecular formula is C9H16N2O2. The number of aliphatic carboxylic acids is 1. The van der Waals surface area contributed by atoms with E-state index in [1.807, 2.05) is 0 Å². The first-order valence-electron chi connectivity index (χ1n) is 4.23. The molecule has 0 spiro atoms. The Bertz CT molecular complexity index is 198. The molecule has 0 aromatic heterocycles. The van der Waals surface area contributed by atoms with Gasteiger partial charge >= 0.3 is 5.97 Å². The quantitative estimate of drug-likeness (QED) is 0.498. The Balaban J connectivity index is 3.72. The monoisotopic (exact) mass is 184 g/mol. The van der Waals surface area contributed by atoms with Gasteiger partial charge in [-0.25, -0.2) is 0 Å². The summed E-state index contributed by atoms with van der Waals surface area (Å²) in [7, 11) is 0. The summed E-state index contributed by atoms with van der Waals surface area (Å²) in [5.41, 5.74) is 10.8. The van der Waals surface area contributed by atoms with Crippen LogP contribution in [0, 0.1) is 18.3 Å². The molecule has 0 bridgehead atoms. The minimum absolute atomic E-state index is 0.190. The number of nitrogens with two attached hydrogens (primary N) is 2. The van der Waals surface area contributed by atoms with E-state index in [0.717, 1.165) is 0 Å². The lowest BCUT2D eigenvalue weighted by atomic mass is 9.97. The molecule has 13 heavy (non-hydrogen) atoms. The molecule has 4 nitrogen and oxygen atoms in total. The Morgan fingerprint density at radius 3 is 2.54 bits per heavy atom. The van der Waals surface area contributed by atoms with Crippen molar-refractivity contribution in [1.29, 1.82) is 0 Å². The number of carboxylic acids is 1. The fourth-order valence-electron chi connectivity index (χ4n) is 1.01. The number of hydrogen-bond acceptors (Lipinski definition) is 3. The van der Waals surface area contributed by atoms with Crippen molar-refractivity contribution in [3.05, 3.63) is 0 Å². The van der Waals surface area contributed by atoms with E-state index in [-0.39, 0.29) is 5.92 Å². The van der Waals surface area contributed by atoms with Crippen molar-refractivity contribution in [2.75, 3.05) is 6.54 Å². The van der Waals surface area contributed by atoms with E-state index in [9.17, 15) is 4.79 Å². The summed E-state index contributed by atoms with van der Waals surface area (Å²) >= 11 is 0. The number of carboxylic acid groups (broad SMARTS) is 1. The first kappa shape index (κ1) is 11.9. The van der Waals surface area contributed by atoms with Crippen LogP contribution in [-0.2, 0) is 4.79 Å². The van der Waals surface area contributed by atoms with Crippen LogP contribution in [0.5, 0.6) is 0 Å². The van der Waals surface area contributed by atoms with Crippen LogP contribution in [0.3, 0.4) is 0 Å². The number of carbonyl (C=O) groups is 1. The second kappa shape index (κ2) is 6.46. The summed E-state index contributed by atoms with van der Waals surface area (Å²) < 4.78 is 0. The van der Waals surface area contributed by atoms with Gasteiger partial charge in [0.25, 0.3) is 0 Å². The van der Waals surface area contributed by atoms with Gasteiger partial charge in [0.05, 0.1) is 0 Å². The van der Waals surface area contributed by atoms with Crippen LogP contribution in [0.15, 0.2) is 0 Å². The lowest BCUT2D eigenvalue weighted by molar-refractivity contribution is -0.138. The van der Waals surface area contributed by atoms with Crippen LogP contribution in [0.4, 0.5) is 0 Å². The third-order valence-electron chi connectivity index (χ3n) is 1.94. The van der Waals surface area contributed by atoms with Crippen molar-refractivity contribution in [3.8, 4) is 12.3 Å². The zero-order valence-corrected chi connectivity index (χ0v) is 7.57. The lowest BCUT2D eigenvalue weighted by Crippen LogP contribution is -2.31. The average Bonchev–Trinajstić information content (AvgIpc) is 2.11. The van der Waals surface area contributed by atoms with Gasteiger partial charge in [-0.3, -0.25) is 4.79 Å². The fraction of sp³-hybridized carbons (Fsp3) is 0.667. The van der Waals surface area contributed by atoms with E-state index in [0.29, 0.717) is 25.8 Å². The van der Waals surface area contributed by atoms with Gasteiger partial charge < -0.3 is 16.6 Å². The molecule has 0 amide bonds. The third-order valence-corrected chi connectivity index (χ3v) is 1.94. The third kappa shape index (κ3) is 5.23. The molecule has 0 aromatic carbocycles. The molecule has 0 saturated carbocycles. The molecule has 4 heteroatoms. The van der Waals surface area contributed by atoms with Crippen LogP contribution >= 0.6 is 0 Å². The summed E-state index contributed by atoms with van der Waals surface area (Å²) in [6.07, 6.45) is 6.81. The molecule has 0 saturated heterocycles. The van der Waals surface area contributed by atoms with E-state index in [4.69, 9.17) is 23.0 Å². The second-order valence-corrected chi connectivity index (χ2v) is 3.03. The highest BCUT2D eigenvalue weighted by Crippen LogP contribution is 2.10. The fourth-order valence-corrected chi connectivity index (χ4v) is 1.01. The topological polar surface area (TPSA) is 89.3 Å². The minimum Gasteiger partial charge on any atom is -0.480 e. The zero-order chi connectivity index (χ0) is 10.3. The summed E-state index contributed by atoms with van der Waals surface area (Å²) in [5.74, 6) is 1.72. The van der Waals surface area contributed by atoms with Gasteiger partial charge in [0.15, 0.2) is 0 Å². The van der Waals surface area contributed by atoms with E-state index >= 15 is 0 Å². The molecule has 0 heterocycles. The maximum Gasteiger partial charge on any atom is 0.320 e. The maximum absolute atomic E-state index is 10.4. The summed E-state index contributed by atoms with van der Waals surface area (Å²) in [5, 5.41) is 8.50. The Morgan fingerprint density at radius 2 is 2.15 bits per heavy atom. The van der Waals surface area contributed by atoms with Crippen molar-refractivity contribution in [1.82, 2.24) is 0 Å². The van der Waals surface area contributed by atoms with Crippen LogP contribution in [-0.4, -0.2) is 23.7 Å². The van der Waals surface area contributed by atoms with E-state index in [1.165, 1.54) is 0 Å². The van der Waals surface area contributed by atoms with Crippen molar-refractivity contribution in [2.45, 2.75) is 25.3 Å². The first-order valence-corrected chi connectivity index (χ1v) is 4.23. The van der Waals surface area contributed by atoms with Crippen LogP contribution < -0.4 is 11.5 Å². The number of hydrogen-bond donors (Lipinski definition) is 3. The summed E-state index contributed by atoms with van der Waals surface area (Å²) in [6, 6.07) is -0.799. The summed E-state index contributed by atoms with van der Waals surface area (Å²) in [6.45, 7) is 0.483. The van der Waals surface area contributed by atoms with Crippen molar-refractivity contribution < 1.29 is 9.90 Å². The predicted molar refractivity (Wildman–Crippen MR) is 50.8 cm³/mol. The van der Waals surface area contributed by atoms with E-state index in [1.54, 1.807) is 0 Å². The van der Waals surface area contributed by atoms with Gasteiger partial charge in [-0.15, -0.1) is 12.3 Å². The van der Waals surface area contributed by atoms with Crippen LogP contribution in [0.1, 0.15) is 19.3 Å². The minimum atomic E-state index is -0.975. The molecule has 0 aliphatic heterocycles. The van der Waals surface area contributed by atoms with Crippen LogP contribution in [0.2, 0.25) is 0 Å². The Labute approximate surface area is 78.3 Å². The first-order chi connectivity index (χ1) is 6.11. The normalized spacial score (nSPS) is 14.5. The highest BCUT2D eigenvalue weighted by atomic mass is 16.4. The zero-order valence-electron chi connectivity index (χ0n) is 7.57. The van der Waals surface area contributed by atoms with Gasteiger partial charge in [-0.1, -0.05) is 0 Å². The molecular weight excluding hydrogens is 168 g/mol. The molecule has 0 rings (SSSR count). The molecule has 0 fully saturated rings. The van der Waals surface area contributed by atoms with Gasteiger partial charge in [0, 0.05) is 6.42 Å². The van der Waals surface area contributed by atoms with E-state index < -0.39 is 12.0 Å². The second-order valence-electron chi connectivity index (χ2n) is 3.03. The van der Waals surface area contributed by atoms with Crippen molar-refractivity contribution >= 4 is 5.97 Å². The SMILES string of the molecule is C#CCC(CN)CCC(N)C(=O)O. The molecule has 2 atom stereocenters. The highest BCUT2D eigenvalue weighted by Gasteiger charge is 2.13.